The maximum absolute atomic E-state index is 12.0. The van der Waals surface area contributed by atoms with Crippen molar-refractivity contribution in [2.75, 3.05) is 5.73 Å². The summed E-state index contributed by atoms with van der Waals surface area (Å²) < 4.78 is 1.000. The lowest BCUT2D eigenvalue weighted by atomic mass is 10.1. The zero-order valence-electron chi connectivity index (χ0n) is 10.6. The largest absolute Gasteiger partial charge is 0.399 e. The van der Waals surface area contributed by atoms with Gasteiger partial charge >= 0.3 is 0 Å². The number of anilines is 1. The summed E-state index contributed by atoms with van der Waals surface area (Å²) in [4.78, 5) is 12.0. The van der Waals surface area contributed by atoms with Crippen LogP contribution in [0.4, 0.5) is 5.69 Å². The molecule has 0 aliphatic rings. The number of rotatable bonds is 3. The molecule has 0 saturated carbocycles. The molecular formula is C15H15BrN2O. The summed E-state index contributed by atoms with van der Waals surface area (Å²) in [6.45, 7) is 2.43. The normalized spacial score (nSPS) is 10.2. The number of benzene rings is 2. The van der Waals surface area contributed by atoms with E-state index in [1.165, 1.54) is 0 Å². The number of hydrogen-bond donors (Lipinski definition) is 2. The average Bonchev–Trinajstić information content (AvgIpc) is 2.39. The number of aryl methyl sites for hydroxylation is 1. The second-order valence-electron chi connectivity index (χ2n) is 4.39. The first-order valence-corrected chi connectivity index (χ1v) is 6.74. The van der Waals surface area contributed by atoms with Crippen molar-refractivity contribution in [1.82, 2.24) is 5.32 Å². The maximum Gasteiger partial charge on any atom is 0.251 e. The van der Waals surface area contributed by atoms with Crippen LogP contribution in [0.3, 0.4) is 0 Å². The average molecular weight is 319 g/mol. The predicted octanol–water partition coefficient (Wildman–Crippen LogP) is 3.27. The van der Waals surface area contributed by atoms with Crippen LogP contribution in [-0.4, -0.2) is 5.91 Å². The van der Waals surface area contributed by atoms with Gasteiger partial charge in [0.2, 0.25) is 0 Å². The Morgan fingerprint density at radius 3 is 2.74 bits per heavy atom. The van der Waals surface area contributed by atoms with Gasteiger partial charge in [-0.05, 0) is 48.4 Å². The minimum atomic E-state index is -0.0852. The predicted molar refractivity (Wildman–Crippen MR) is 80.9 cm³/mol. The number of nitrogen functional groups attached to an aromatic ring is 1. The molecule has 2 aromatic carbocycles. The second kappa shape index (κ2) is 5.89. The first-order chi connectivity index (χ1) is 9.06. The van der Waals surface area contributed by atoms with Gasteiger partial charge in [0.25, 0.3) is 5.91 Å². The number of amides is 1. The van der Waals surface area contributed by atoms with Crippen LogP contribution < -0.4 is 11.1 Å². The van der Waals surface area contributed by atoms with Gasteiger partial charge in [0, 0.05) is 22.3 Å². The molecule has 2 rings (SSSR count). The number of hydrogen-bond acceptors (Lipinski definition) is 2. The molecule has 2 aromatic rings. The van der Waals surface area contributed by atoms with Crippen molar-refractivity contribution in [3.63, 3.8) is 0 Å². The molecule has 0 aliphatic heterocycles. The van der Waals surface area contributed by atoms with E-state index >= 15 is 0 Å². The molecule has 0 heterocycles. The number of nitrogens with two attached hydrogens (primary N) is 1. The fraction of sp³-hybridized carbons (Fsp3) is 0.133. The molecule has 19 heavy (non-hydrogen) atoms. The van der Waals surface area contributed by atoms with Crippen LogP contribution in [0, 0.1) is 6.92 Å². The smallest absolute Gasteiger partial charge is 0.251 e. The van der Waals surface area contributed by atoms with Crippen molar-refractivity contribution in [2.24, 2.45) is 0 Å². The van der Waals surface area contributed by atoms with Gasteiger partial charge in [-0.1, -0.05) is 28.1 Å². The van der Waals surface area contributed by atoms with Crippen molar-refractivity contribution < 1.29 is 4.79 Å². The third-order valence-electron chi connectivity index (χ3n) is 2.82. The molecule has 0 saturated heterocycles. The lowest BCUT2D eigenvalue weighted by Gasteiger charge is -2.07. The SMILES string of the molecule is Cc1cc(C(=O)NCc2cccc(N)c2)ccc1Br. The molecular weight excluding hydrogens is 304 g/mol. The van der Waals surface area contributed by atoms with Crippen LogP contribution in [0.5, 0.6) is 0 Å². The van der Waals surface area contributed by atoms with Gasteiger partial charge in [-0.15, -0.1) is 0 Å². The number of carbonyl (C=O) groups excluding carboxylic acids is 1. The molecule has 0 fully saturated rings. The standard InChI is InChI=1S/C15H15BrN2O/c1-10-7-12(5-6-14(10)16)15(19)18-9-11-3-2-4-13(17)8-11/h2-8H,9,17H2,1H3,(H,18,19). The van der Waals surface area contributed by atoms with Crippen molar-refractivity contribution in [1.29, 1.82) is 0 Å². The van der Waals surface area contributed by atoms with E-state index in [1.807, 2.05) is 43.3 Å². The maximum atomic E-state index is 12.0. The monoisotopic (exact) mass is 318 g/mol. The molecule has 3 nitrogen and oxygen atoms in total. The van der Waals surface area contributed by atoms with Crippen LogP contribution in [0.1, 0.15) is 21.5 Å². The van der Waals surface area contributed by atoms with Crippen LogP contribution in [0.15, 0.2) is 46.9 Å². The van der Waals surface area contributed by atoms with Crippen LogP contribution in [0.2, 0.25) is 0 Å². The van der Waals surface area contributed by atoms with Gasteiger partial charge in [-0.25, -0.2) is 0 Å². The lowest BCUT2D eigenvalue weighted by molar-refractivity contribution is 0.0951. The Morgan fingerprint density at radius 2 is 2.05 bits per heavy atom. The Kier molecular flexibility index (Phi) is 4.22. The fourth-order valence-corrected chi connectivity index (χ4v) is 2.02. The van der Waals surface area contributed by atoms with Gasteiger partial charge < -0.3 is 11.1 Å². The molecule has 0 unspecified atom stereocenters. The number of carbonyl (C=O) groups is 1. The highest BCUT2D eigenvalue weighted by atomic mass is 79.9. The van der Waals surface area contributed by atoms with E-state index in [2.05, 4.69) is 21.2 Å². The summed E-state index contributed by atoms with van der Waals surface area (Å²) >= 11 is 3.42. The highest BCUT2D eigenvalue weighted by molar-refractivity contribution is 9.10. The van der Waals surface area contributed by atoms with Crippen LogP contribution in [-0.2, 0) is 6.54 Å². The Balaban J connectivity index is 2.03. The van der Waals surface area contributed by atoms with E-state index < -0.39 is 0 Å². The summed E-state index contributed by atoms with van der Waals surface area (Å²) in [6, 6.07) is 13.0. The number of halogens is 1. The highest BCUT2D eigenvalue weighted by Gasteiger charge is 2.06. The first-order valence-electron chi connectivity index (χ1n) is 5.95. The first kappa shape index (κ1) is 13.6. The van der Waals surface area contributed by atoms with Crippen LogP contribution >= 0.6 is 15.9 Å². The molecule has 0 spiro atoms. The van der Waals surface area contributed by atoms with Gasteiger partial charge in [-0.3, -0.25) is 4.79 Å². The molecule has 1 amide bonds. The number of nitrogens with one attached hydrogen (secondary N) is 1. The summed E-state index contributed by atoms with van der Waals surface area (Å²) in [5.41, 5.74) is 9.08. The summed E-state index contributed by atoms with van der Waals surface area (Å²) in [6.07, 6.45) is 0. The van der Waals surface area contributed by atoms with Crippen molar-refractivity contribution in [3.05, 3.63) is 63.6 Å². The van der Waals surface area contributed by atoms with Gasteiger partial charge in [-0.2, -0.15) is 0 Å². The topological polar surface area (TPSA) is 55.1 Å². The molecule has 0 aliphatic carbocycles. The molecule has 98 valence electrons. The van der Waals surface area contributed by atoms with E-state index in [0.29, 0.717) is 17.8 Å². The fourth-order valence-electron chi connectivity index (χ4n) is 1.77. The quantitative estimate of drug-likeness (QED) is 0.853. The van der Waals surface area contributed by atoms with Crippen LogP contribution in [0.25, 0.3) is 0 Å². The lowest BCUT2D eigenvalue weighted by Crippen LogP contribution is -2.22. The molecule has 0 atom stereocenters. The van der Waals surface area contributed by atoms with E-state index in [9.17, 15) is 4.79 Å². The Bertz CT molecular complexity index is 611. The van der Waals surface area contributed by atoms with Gasteiger partial charge in [0.1, 0.15) is 0 Å². The van der Waals surface area contributed by atoms with E-state index in [0.717, 1.165) is 15.6 Å². The minimum Gasteiger partial charge on any atom is -0.399 e. The van der Waals surface area contributed by atoms with E-state index in [1.54, 1.807) is 6.07 Å². The van der Waals surface area contributed by atoms with Crippen molar-refractivity contribution >= 4 is 27.5 Å². The molecule has 0 aromatic heterocycles. The third-order valence-corrected chi connectivity index (χ3v) is 3.71. The minimum absolute atomic E-state index is 0.0852. The van der Waals surface area contributed by atoms with E-state index in [-0.39, 0.29) is 5.91 Å². The Morgan fingerprint density at radius 1 is 1.26 bits per heavy atom. The summed E-state index contributed by atoms with van der Waals surface area (Å²) in [5, 5.41) is 2.88. The Hall–Kier alpha value is -1.81. The zero-order valence-corrected chi connectivity index (χ0v) is 12.2. The highest BCUT2D eigenvalue weighted by Crippen LogP contribution is 2.17. The summed E-state index contributed by atoms with van der Waals surface area (Å²) in [5.74, 6) is -0.0852. The molecule has 4 heteroatoms. The van der Waals surface area contributed by atoms with Gasteiger partial charge in [0.15, 0.2) is 0 Å². The van der Waals surface area contributed by atoms with E-state index in [4.69, 9.17) is 5.73 Å². The molecule has 3 N–H and O–H groups in total. The van der Waals surface area contributed by atoms with Gasteiger partial charge in [0.05, 0.1) is 0 Å². The summed E-state index contributed by atoms with van der Waals surface area (Å²) in [7, 11) is 0. The van der Waals surface area contributed by atoms with Crippen molar-refractivity contribution in [3.8, 4) is 0 Å². The zero-order chi connectivity index (χ0) is 13.8. The second-order valence-corrected chi connectivity index (χ2v) is 5.25. The van der Waals surface area contributed by atoms with Crippen molar-refractivity contribution in [2.45, 2.75) is 13.5 Å². The third kappa shape index (κ3) is 3.58. The molecule has 0 radical (unpaired) electrons. The Labute approximate surface area is 121 Å². The molecule has 0 bridgehead atoms.